The number of phenolic OH excluding ortho intramolecular Hbond substituents is 2. The van der Waals surface area contributed by atoms with Crippen LogP contribution in [-0.2, 0) is 10.3 Å². The first-order chi connectivity index (χ1) is 15.2. The minimum atomic E-state index is -0.723. The summed E-state index contributed by atoms with van der Waals surface area (Å²) in [5.41, 5.74) is 1.89. The predicted molar refractivity (Wildman–Crippen MR) is 121 cm³/mol. The number of hydrogen-bond acceptors (Lipinski definition) is 5. The van der Waals surface area contributed by atoms with E-state index in [0.29, 0.717) is 23.8 Å². The Bertz CT molecular complexity index is 823. The van der Waals surface area contributed by atoms with Gasteiger partial charge in [-0.2, -0.15) is 0 Å². The van der Waals surface area contributed by atoms with Crippen molar-refractivity contribution in [2.75, 3.05) is 6.61 Å². The maximum atomic E-state index is 11.2. The molecule has 0 aromatic heterocycles. The second kappa shape index (κ2) is 8.11. The van der Waals surface area contributed by atoms with Gasteiger partial charge in [0.15, 0.2) is 0 Å². The molecule has 176 valence electrons. The molecule has 0 saturated heterocycles. The Morgan fingerprint density at radius 1 is 1.03 bits per heavy atom. The van der Waals surface area contributed by atoms with Gasteiger partial charge in [0.25, 0.3) is 5.09 Å². The van der Waals surface area contributed by atoms with Crippen LogP contribution in [-0.4, -0.2) is 21.9 Å². The molecule has 6 heteroatoms. The molecule has 2 N–H and O–H groups in total. The topological polar surface area (TPSA) is 92.8 Å². The number of aromatic hydroxyl groups is 2. The Balaban J connectivity index is 1.44. The van der Waals surface area contributed by atoms with Crippen molar-refractivity contribution in [3.8, 4) is 11.5 Å². The highest BCUT2D eigenvalue weighted by molar-refractivity contribution is 5.51. The minimum Gasteiger partial charge on any atom is -0.508 e. The van der Waals surface area contributed by atoms with Crippen molar-refractivity contribution in [3.05, 3.63) is 33.4 Å². The zero-order valence-electron chi connectivity index (χ0n) is 19.3. The molecule has 4 bridgehead atoms. The molecule has 5 aliphatic rings. The molecule has 0 spiro atoms. The van der Waals surface area contributed by atoms with Gasteiger partial charge in [-0.1, -0.05) is 13.8 Å². The second-order valence-electron chi connectivity index (χ2n) is 11.8. The monoisotopic (exact) mass is 443 g/mol. The zero-order chi connectivity index (χ0) is 22.6. The van der Waals surface area contributed by atoms with Crippen LogP contribution in [0.1, 0.15) is 88.7 Å². The van der Waals surface area contributed by atoms with E-state index < -0.39 is 5.09 Å². The Morgan fingerprint density at radius 2 is 1.59 bits per heavy atom. The van der Waals surface area contributed by atoms with Gasteiger partial charge in [-0.15, -0.1) is 10.1 Å². The smallest absolute Gasteiger partial charge is 0.294 e. The summed E-state index contributed by atoms with van der Waals surface area (Å²) < 4.78 is 0. The predicted octanol–water partition coefficient (Wildman–Crippen LogP) is 5.93. The van der Waals surface area contributed by atoms with Crippen LogP contribution in [0.2, 0.25) is 0 Å². The summed E-state index contributed by atoms with van der Waals surface area (Å²) in [5, 5.41) is 32.4. The van der Waals surface area contributed by atoms with E-state index in [-0.39, 0.29) is 35.4 Å². The molecule has 0 unspecified atom stereocenters. The lowest BCUT2D eigenvalue weighted by molar-refractivity contribution is -0.759. The lowest BCUT2D eigenvalue weighted by atomic mass is 9.48. The van der Waals surface area contributed by atoms with Gasteiger partial charge in [-0.05, 0) is 122 Å². The van der Waals surface area contributed by atoms with Gasteiger partial charge in [0, 0.05) is 5.56 Å². The second-order valence-corrected chi connectivity index (χ2v) is 11.8. The van der Waals surface area contributed by atoms with Gasteiger partial charge < -0.3 is 15.1 Å². The maximum Gasteiger partial charge on any atom is 0.294 e. The Hall–Kier alpha value is -1.98. The van der Waals surface area contributed by atoms with Gasteiger partial charge >= 0.3 is 0 Å². The quantitative estimate of drug-likeness (QED) is 0.420. The summed E-state index contributed by atoms with van der Waals surface area (Å²) in [7, 11) is 0. The minimum absolute atomic E-state index is 0.0190. The highest BCUT2D eigenvalue weighted by atomic mass is 16.9. The molecule has 1 aromatic rings. The van der Waals surface area contributed by atoms with Crippen LogP contribution in [0.5, 0.6) is 11.5 Å². The van der Waals surface area contributed by atoms with Crippen LogP contribution >= 0.6 is 0 Å². The van der Waals surface area contributed by atoms with Crippen LogP contribution < -0.4 is 0 Å². The van der Waals surface area contributed by atoms with E-state index in [0.717, 1.165) is 36.2 Å². The normalized spacial score (nSPS) is 38.2. The standard InChI is InChI=1S/C26H37NO5/c1-15(2)21-4-3-16(14-32-27(30)31)8-22(21)25-23(28)9-20(10-24(25)29)26-11-17-5-18(12-26)7-19(6-17)13-26/h9-10,15-19,21-22,28-29H,3-8,11-14H2,1-2H3/t16-,17?,18?,19?,21+,22-,26?/m1/s1. The average Bonchev–Trinajstić information content (AvgIpc) is 2.70. The summed E-state index contributed by atoms with van der Waals surface area (Å²) in [4.78, 5) is 15.4. The molecule has 0 aliphatic heterocycles. The molecule has 0 amide bonds. The molecule has 0 heterocycles. The maximum absolute atomic E-state index is 11.2. The first-order valence-corrected chi connectivity index (χ1v) is 12.6. The van der Waals surface area contributed by atoms with Crippen molar-refractivity contribution in [1.29, 1.82) is 0 Å². The van der Waals surface area contributed by atoms with Crippen LogP contribution in [0, 0.1) is 45.6 Å². The fraction of sp³-hybridized carbons (Fsp3) is 0.769. The van der Waals surface area contributed by atoms with E-state index in [2.05, 4.69) is 18.7 Å². The first-order valence-electron chi connectivity index (χ1n) is 12.6. The molecule has 1 aromatic carbocycles. The van der Waals surface area contributed by atoms with Crippen LogP contribution in [0.4, 0.5) is 0 Å². The molecule has 32 heavy (non-hydrogen) atoms. The molecular weight excluding hydrogens is 406 g/mol. The van der Waals surface area contributed by atoms with Crippen LogP contribution in [0.25, 0.3) is 0 Å². The van der Waals surface area contributed by atoms with E-state index in [1.54, 1.807) is 0 Å². The van der Waals surface area contributed by atoms with E-state index >= 15 is 0 Å². The number of phenols is 2. The van der Waals surface area contributed by atoms with Gasteiger partial charge in [0.1, 0.15) is 11.5 Å². The van der Waals surface area contributed by atoms with Crippen molar-refractivity contribution < 1.29 is 20.1 Å². The molecule has 3 atom stereocenters. The van der Waals surface area contributed by atoms with E-state index in [4.69, 9.17) is 0 Å². The van der Waals surface area contributed by atoms with Crippen LogP contribution in [0.3, 0.4) is 0 Å². The van der Waals surface area contributed by atoms with Crippen molar-refractivity contribution in [3.63, 3.8) is 0 Å². The largest absolute Gasteiger partial charge is 0.508 e. The van der Waals surface area contributed by atoms with Gasteiger partial charge in [0.05, 0.1) is 6.61 Å². The summed E-state index contributed by atoms with van der Waals surface area (Å²) in [6.07, 6.45) is 10.1. The Kier molecular flexibility index (Phi) is 5.53. The summed E-state index contributed by atoms with van der Waals surface area (Å²) >= 11 is 0. The third-order valence-corrected chi connectivity index (χ3v) is 9.44. The van der Waals surface area contributed by atoms with E-state index in [9.17, 15) is 20.3 Å². The van der Waals surface area contributed by atoms with Crippen molar-refractivity contribution in [2.24, 2.45) is 35.5 Å². The third-order valence-electron chi connectivity index (χ3n) is 9.44. The average molecular weight is 444 g/mol. The first kappa shape index (κ1) is 21.8. The van der Waals surface area contributed by atoms with Gasteiger partial charge in [-0.25, -0.2) is 0 Å². The Morgan fingerprint density at radius 3 is 2.09 bits per heavy atom. The fourth-order valence-corrected chi connectivity index (χ4v) is 8.50. The van der Waals surface area contributed by atoms with Gasteiger partial charge in [0.2, 0.25) is 0 Å². The van der Waals surface area contributed by atoms with Crippen molar-refractivity contribution in [1.82, 2.24) is 0 Å². The SMILES string of the molecule is CC(C)[C@@H]1CC[C@@H](CO[N+](=O)[O-])C[C@H]1c1c(O)cc(C23CC4CC(CC(C4)C2)C3)cc1O. The molecule has 5 aliphatic carbocycles. The molecule has 5 fully saturated rings. The lowest BCUT2D eigenvalue weighted by Crippen LogP contribution is -2.48. The molecule has 5 saturated carbocycles. The van der Waals surface area contributed by atoms with Crippen LogP contribution in [0.15, 0.2) is 12.1 Å². The number of rotatable bonds is 6. The highest BCUT2D eigenvalue weighted by Gasteiger charge is 2.52. The highest BCUT2D eigenvalue weighted by Crippen LogP contribution is 2.62. The molecular formula is C26H37NO5. The molecule has 6 rings (SSSR count). The zero-order valence-corrected chi connectivity index (χ0v) is 19.3. The number of hydrogen-bond donors (Lipinski definition) is 2. The number of nitrogens with zero attached hydrogens (tertiary/aromatic N) is 1. The van der Waals surface area contributed by atoms with E-state index in [1.165, 1.54) is 38.5 Å². The summed E-state index contributed by atoms with van der Waals surface area (Å²) in [5.74, 6) is 3.59. The summed E-state index contributed by atoms with van der Waals surface area (Å²) in [6.45, 7) is 4.45. The lowest BCUT2D eigenvalue weighted by Gasteiger charge is -2.57. The van der Waals surface area contributed by atoms with Crippen molar-refractivity contribution in [2.45, 2.75) is 83.0 Å². The third kappa shape index (κ3) is 3.84. The Labute approximate surface area is 190 Å². The van der Waals surface area contributed by atoms with E-state index in [1.807, 2.05) is 12.1 Å². The summed E-state index contributed by atoms with van der Waals surface area (Å²) in [6, 6.07) is 3.91. The molecule has 0 radical (unpaired) electrons. The fourth-order valence-electron chi connectivity index (χ4n) is 8.50. The van der Waals surface area contributed by atoms with Gasteiger partial charge in [-0.3, -0.25) is 0 Å². The number of benzene rings is 1. The van der Waals surface area contributed by atoms with Crippen molar-refractivity contribution >= 4 is 0 Å². The molecule has 6 nitrogen and oxygen atoms in total.